The van der Waals surface area contributed by atoms with Gasteiger partial charge in [0.2, 0.25) is 11.9 Å². The van der Waals surface area contributed by atoms with Gasteiger partial charge in [0.05, 0.1) is 0 Å². The molecule has 1 rings (SSSR count). The van der Waals surface area contributed by atoms with E-state index in [4.69, 9.17) is 5.73 Å². The molecule has 14 heavy (non-hydrogen) atoms. The fourth-order valence-corrected chi connectivity index (χ4v) is 0.850. The number of nitrogens with zero attached hydrogens (tertiary/aromatic N) is 2. The van der Waals surface area contributed by atoms with Crippen molar-refractivity contribution in [1.82, 2.24) is 9.97 Å². The third kappa shape index (κ3) is 2.42. The van der Waals surface area contributed by atoms with E-state index in [9.17, 15) is 4.79 Å². The number of amides is 1. The van der Waals surface area contributed by atoms with E-state index in [1.807, 2.05) is 6.92 Å². The van der Waals surface area contributed by atoms with Crippen molar-refractivity contribution in [2.24, 2.45) is 5.73 Å². The maximum Gasteiger partial charge on any atom is 0.242 e. The van der Waals surface area contributed by atoms with Crippen molar-refractivity contribution in [2.45, 2.75) is 26.3 Å². The lowest BCUT2D eigenvalue weighted by atomic mass is 10.1. The van der Waals surface area contributed by atoms with E-state index < -0.39 is 11.4 Å². The molecular formula is C9H14N4O. The molecule has 0 atom stereocenters. The molecular weight excluding hydrogens is 180 g/mol. The number of anilines is 1. The highest BCUT2D eigenvalue weighted by atomic mass is 16.1. The molecule has 1 amide bonds. The lowest BCUT2D eigenvalue weighted by Crippen LogP contribution is -2.45. The van der Waals surface area contributed by atoms with Gasteiger partial charge in [-0.2, -0.15) is 0 Å². The van der Waals surface area contributed by atoms with Crippen LogP contribution in [0.5, 0.6) is 0 Å². The van der Waals surface area contributed by atoms with E-state index in [1.54, 1.807) is 26.1 Å². The molecule has 0 saturated heterocycles. The summed E-state index contributed by atoms with van der Waals surface area (Å²) in [5.41, 5.74) is 5.20. The molecule has 0 aliphatic carbocycles. The summed E-state index contributed by atoms with van der Waals surface area (Å²) in [6, 6.07) is 1.78. The number of aromatic nitrogens is 2. The van der Waals surface area contributed by atoms with Crippen LogP contribution in [0.15, 0.2) is 12.3 Å². The predicted octanol–water partition coefficient (Wildman–Crippen LogP) is 0.461. The predicted molar refractivity (Wildman–Crippen MR) is 53.7 cm³/mol. The van der Waals surface area contributed by atoms with E-state index in [1.165, 1.54) is 0 Å². The summed E-state index contributed by atoms with van der Waals surface area (Å²) in [5.74, 6) is -0.0311. The summed E-state index contributed by atoms with van der Waals surface area (Å²) in [7, 11) is 0. The zero-order valence-corrected chi connectivity index (χ0v) is 8.53. The molecule has 3 N–H and O–H groups in total. The number of primary amides is 1. The van der Waals surface area contributed by atoms with Crippen molar-refractivity contribution < 1.29 is 4.79 Å². The lowest BCUT2D eigenvalue weighted by Gasteiger charge is -2.21. The number of aryl methyl sites for hydroxylation is 1. The van der Waals surface area contributed by atoms with Gasteiger partial charge in [0.25, 0.3) is 0 Å². The number of hydrogen-bond acceptors (Lipinski definition) is 4. The van der Waals surface area contributed by atoms with Crippen LogP contribution in [-0.2, 0) is 4.79 Å². The molecule has 0 saturated carbocycles. The first-order valence-electron chi connectivity index (χ1n) is 4.29. The third-order valence-electron chi connectivity index (χ3n) is 1.84. The fraction of sp³-hybridized carbons (Fsp3) is 0.444. The van der Waals surface area contributed by atoms with E-state index >= 15 is 0 Å². The van der Waals surface area contributed by atoms with Crippen molar-refractivity contribution in [3.05, 3.63) is 18.0 Å². The Balaban J connectivity index is 2.83. The van der Waals surface area contributed by atoms with Gasteiger partial charge in [-0.15, -0.1) is 0 Å². The Bertz CT molecular complexity index is 348. The smallest absolute Gasteiger partial charge is 0.242 e. The molecule has 76 valence electrons. The topological polar surface area (TPSA) is 80.9 Å². The summed E-state index contributed by atoms with van der Waals surface area (Å²) in [6.45, 7) is 5.21. The minimum absolute atomic E-state index is 0.411. The van der Waals surface area contributed by atoms with Crippen molar-refractivity contribution >= 4 is 11.9 Å². The zero-order valence-electron chi connectivity index (χ0n) is 8.53. The van der Waals surface area contributed by atoms with Gasteiger partial charge in [0.15, 0.2) is 0 Å². The second-order valence-electron chi connectivity index (χ2n) is 3.64. The SMILES string of the molecule is Cc1ccnc(NC(C)(C)C(N)=O)n1. The molecule has 0 spiro atoms. The molecule has 1 heterocycles. The number of rotatable bonds is 3. The van der Waals surface area contributed by atoms with Crippen LogP contribution in [0.25, 0.3) is 0 Å². The van der Waals surface area contributed by atoms with Crippen molar-refractivity contribution in [3.8, 4) is 0 Å². The maximum absolute atomic E-state index is 11.0. The van der Waals surface area contributed by atoms with Gasteiger partial charge in [-0.3, -0.25) is 4.79 Å². The first-order chi connectivity index (χ1) is 6.42. The van der Waals surface area contributed by atoms with Crippen LogP contribution in [-0.4, -0.2) is 21.4 Å². The Hall–Kier alpha value is -1.65. The van der Waals surface area contributed by atoms with Crippen molar-refractivity contribution in [3.63, 3.8) is 0 Å². The molecule has 5 heteroatoms. The molecule has 0 aromatic carbocycles. The van der Waals surface area contributed by atoms with Crippen molar-refractivity contribution in [1.29, 1.82) is 0 Å². The van der Waals surface area contributed by atoms with Crippen LogP contribution in [0.1, 0.15) is 19.5 Å². The lowest BCUT2D eigenvalue weighted by molar-refractivity contribution is -0.121. The van der Waals surface area contributed by atoms with Gasteiger partial charge < -0.3 is 11.1 Å². The summed E-state index contributed by atoms with van der Waals surface area (Å²) in [5, 5.41) is 2.86. The quantitative estimate of drug-likeness (QED) is 0.732. The van der Waals surface area contributed by atoms with Gasteiger partial charge in [-0.25, -0.2) is 9.97 Å². The Labute approximate surface area is 82.7 Å². The average molecular weight is 194 g/mol. The number of nitrogens with two attached hydrogens (primary N) is 1. The van der Waals surface area contributed by atoms with E-state index in [0.717, 1.165) is 5.69 Å². The van der Waals surface area contributed by atoms with Gasteiger partial charge >= 0.3 is 0 Å². The molecule has 0 radical (unpaired) electrons. The van der Waals surface area contributed by atoms with E-state index in [-0.39, 0.29) is 0 Å². The zero-order chi connectivity index (χ0) is 10.8. The number of carbonyl (C=O) groups is 1. The normalized spacial score (nSPS) is 11.1. The maximum atomic E-state index is 11.0. The first-order valence-corrected chi connectivity index (χ1v) is 4.29. The number of hydrogen-bond donors (Lipinski definition) is 2. The molecule has 0 aliphatic rings. The molecule has 0 bridgehead atoms. The Kier molecular flexibility index (Phi) is 2.69. The van der Waals surface area contributed by atoms with Crippen LogP contribution >= 0.6 is 0 Å². The Morgan fingerprint density at radius 2 is 2.21 bits per heavy atom. The Morgan fingerprint density at radius 3 is 2.71 bits per heavy atom. The highest BCUT2D eigenvalue weighted by Gasteiger charge is 2.25. The van der Waals surface area contributed by atoms with Crippen LogP contribution in [0.4, 0.5) is 5.95 Å². The highest BCUT2D eigenvalue weighted by molar-refractivity contribution is 5.86. The minimum Gasteiger partial charge on any atom is -0.368 e. The fourth-order valence-electron chi connectivity index (χ4n) is 0.850. The Morgan fingerprint density at radius 1 is 1.57 bits per heavy atom. The summed E-state index contributed by atoms with van der Waals surface area (Å²) >= 11 is 0. The second kappa shape index (κ2) is 3.61. The highest BCUT2D eigenvalue weighted by Crippen LogP contribution is 2.09. The third-order valence-corrected chi connectivity index (χ3v) is 1.84. The molecule has 0 fully saturated rings. The van der Waals surface area contributed by atoms with Gasteiger partial charge in [-0.05, 0) is 26.8 Å². The largest absolute Gasteiger partial charge is 0.368 e. The standard InChI is InChI=1S/C9H14N4O/c1-6-4-5-11-8(12-6)13-9(2,3)7(10)14/h4-5H,1-3H3,(H2,10,14)(H,11,12,13). The molecule has 1 aromatic rings. The molecule has 5 nitrogen and oxygen atoms in total. The molecule has 0 aliphatic heterocycles. The van der Waals surface area contributed by atoms with Gasteiger partial charge in [0.1, 0.15) is 5.54 Å². The molecule has 1 aromatic heterocycles. The summed E-state index contributed by atoms with van der Waals surface area (Å²) in [6.07, 6.45) is 1.63. The number of nitrogens with one attached hydrogen (secondary N) is 1. The van der Waals surface area contributed by atoms with Crippen LogP contribution in [0, 0.1) is 6.92 Å². The van der Waals surface area contributed by atoms with Gasteiger partial charge in [0, 0.05) is 11.9 Å². The summed E-state index contributed by atoms with van der Waals surface area (Å²) in [4.78, 5) is 19.1. The van der Waals surface area contributed by atoms with Crippen LogP contribution in [0.3, 0.4) is 0 Å². The van der Waals surface area contributed by atoms with Crippen molar-refractivity contribution in [2.75, 3.05) is 5.32 Å². The van der Waals surface area contributed by atoms with Gasteiger partial charge in [-0.1, -0.05) is 0 Å². The van der Waals surface area contributed by atoms with Crippen LogP contribution in [0.2, 0.25) is 0 Å². The molecule has 0 unspecified atom stereocenters. The summed E-state index contributed by atoms with van der Waals surface area (Å²) < 4.78 is 0. The second-order valence-corrected chi connectivity index (χ2v) is 3.64. The number of carbonyl (C=O) groups excluding carboxylic acids is 1. The minimum atomic E-state index is -0.839. The van der Waals surface area contributed by atoms with Crippen LogP contribution < -0.4 is 11.1 Å². The average Bonchev–Trinajstić information content (AvgIpc) is 2.02. The monoisotopic (exact) mass is 194 g/mol. The van der Waals surface area contributed by atoms with E-state index in [2.05, 4.69) is 15.3 Å². The first kappa shape index (κ1) is 10.4. The van der Waals surface area contributed by atoms with E-state index in [0.29, 0.717) is 5.95 Å².